The van der Waals surface area contributed by atoms with E-state index in [-0.39, 0.29) is 11.2 Å². The maximum absolute atomic E-state index is 13.8. The van der Waals surface area contributed by atoms with Gasteiger partial charge in [-0.15, -0.1) is 0 Å². The van der Waals surface area contributed by atoms with Gasteiger partial charge in [-0.1, -0.05) is 50.2 Å². The molecule has 178 valence electrons. The zero-order chi connectivity index (χ0) is 25.1. The van der Waals surface area contributed by atoms with Crippen LogP contribution < -0.4 is 5.56 Å². The Bertz CT molecular complexity index is 1470. The number of benzene rings is 3. The van der Waals surface area contributed by atoms with E-state index in [1.807, 2.05) is 44.4 Å². The number of para-hydroxylation sites is 1. The number of hydrogen-bond acceptors (Lipinski definition) is 5. The minimum atomic E-state index is -0.413. The number of nitro benzene ring substituents is 1. The Morgan fingerprint density at radius 1 is 1.06 bits per heavy atom. The molecule has 1 atom stereocenters. The lowest BCUT2D eigenvalue weighted by molar-refractivity contribution is -0.385. The third kappa shape index (κ3) is 4.71. The van der Waals surface area contributed by atoms with Crippen LogP contribution in [0.4, 0.5) is 5.69 Å². The van der Waals surface area contributed by atoms with Crippen molar-refractivity contribution in [3.63, 3.8) is 0 Å². The number of rotatable bonds is 7. The van der Waals surface area contributed by atoms with E-state index in [9.17, 15) is 14.9 Å². The third-order valence-corrected chi connectivity index (χ3v) is 6.17. The van der Waals surface area contributed by atoms with Crippen LogP contribution >= 0.6 is 0 Å². The van der Waals surface area contributed by atoms with Gasteiger partial charge in [-0.05, 0) is 54.4 Å². The molecular weight excluding hydrogens is 440 g/mol. The molecule has 1 aromatic heterocycles. The van der Waals surface area contributed by atoms with Crippen LogP contribution in [-0.2, 0) is 0 Å². The summed E-state index contributed by atoms with van der Waals surface area (Å²) in [6.45, 7) is 4.30. The first kappa shape index (κ1) is 23.9. The van der Waals surface area contributed by atoms with Gasteiger partial charge < -0.3 is 4.90 Å². The second-order valence-electron chi connectivity index (χ2n) is 8.77. The summed E-state index contributed by atoms with van der Waals surface area (Å²) in [6.07, 6.45) is 4.44. The minimum Gasteiger partial charge on any atom is -0.383 e. The van der Waals surface area contributed by atoms with Crippen molar-refractivity contribution in [3.05, 3.63) is 105 Å². The topological polar surface area (TPSA) is 81.3 Å². The Morgan fingerprint density at radius 2 is 1.77 bits per heavy atom. The molecule has 0 amide bonds. The Morgan fingerprint density at radius 3 is 2.43 bits per heavy atom. The van der Waals surface area contributed by atoms with Crippen LogP contribution in [0.1, 0.15) is 37.3 Å². The van der Waals surface area contributed by atoms with E-state index < -0.39 is 4.92 Å². The van der Waals surface area contributed by atoms with E-state index in [0.717, 1.165) is 6.42 Å². The van der Waals surface area contributed by atoms with Crippen molar-refractivity contribution >= 4 is 22.7 Å². The molecule has 4 rings (SSSR count). The molecule has 7 nitrogen and oxygen atoms in total. The third-order valence-electron chi connectivity index (χ3n) is 6.17. The quantitative estimate of drug-likeness (QED) is 0.245. The summed E-state index contributed by atoms with van der Waals surface area (Å²) >= 11 is 0. The van der Waals surface area contributed by atoms with Crippen molar-refractivity contribution in [1.82, 2.24) is 14.5 Å². The predicted octanol–water partition coefficient (Wildman–Crippen LogP) is 6.01. The molecule has 0 aliphatic carbocycles. The van der Waals surface area contributed by atoms with Crippen molar-refractivity contribution in [1.29, 1.82) is 0 Å². The van der Waals surface area contributed by atoms with Gasteiger partial charge in [0.2, 0.25) is 0 Å². The van der Waals surface area contributed by atoms with Crippen molar-refractivity contribution in [2.24, 2.45) is 0 Å². The lowest BCUT2D eigenvalue weighted by atomic mass is 9.98. The molecule has 0 N–H and O–H groups in total. The van der Waals surface area contributed by atoms with Gasteiger partial charge in [-0.2, -0.15) is 0 Å². The van der Waals surface area contributed by atoms with Crippen LogP contribution in [-0.4, -0.2) is 33.5 Å². The second-order valence-corrected chi connectivity index (χ2v) is 8.77. The molecule has 0 saturated heterocycles. The highest BCUT2D eigenvalue weighted by molar-refractivity contribution is 5.84. The highest BCUT2D eigenvalue weighted by Gasteiger charge is 2.22. The van der Waals surface area contributed by atoms with Crippen molar-refractivity contribution in [3.8, 4) is 17.1 Å². The van der Waals surface area contributed by atoms with Gasteiger partial charge >= 0.3 is 0 Å². The standard InChI is InChI=1S/C28H28N4O3/c1-5-19(2)20-13-15-21(16-14-20)31-27(29-25-11-7-6-9-24(25)28(31)33)23-10-8-12-26(32(34)35)22(23)17-18-30(3)4/h6-19H,5H2,1-4H3. The molecule has 0 saturated carbocycles. The molecule has 3 aromatic carbocycles. The normalized spacial score (nSPS) is 12.2. The fraction of sp³-hybridized carbons (Fsp3) is 0.214. The molecule has 35 heavy (non-hydrogen) atoms. The van der Waals surface area contributed by atoms with Gasteiger partial charge in [0.25, 0.3) is 11.2 Å². The fourth-order valence-corrected chi connectivity index (χ4v) is 4.05. The van der Waals surface area contributed by atoms with Crippen LogP contribution in [0.5, 0.6) is 0 Å². The van der Waals surface area contributed by atoms with Crippen LogP contribution in [0.15, 0.2) is 77.7 Å². The van der Waals surface area contributed by atoms with Crippen LogP contribution in [0.3, 0.4) is 0 Å². The second kappa shape index (κ2) is 9.93. The van der Waals surface area contributed by atoms with Gasteiger partial charge in [0.1, 0.15) is 5.82 Å². The summed E-state index contributed by atoms with van der Waals surface area (Å²) in [5, 5.41) is 12.4. The molecule has 1 unspecified atom stereocenters. The summed E-state index contributed by atoms with van der Waals surface area (Å²) < 4.78 is 1.55. The first-order chi connectivity index (χ1) is 16.8. The zero-order valence-electron chi connectivity index (χ0n) is 20.3. The number of hydrogen-bond donors (Lipinski definition) is 0. The molecule has 0 radical (unpaired) electrons. The lowest BCUT2D eigenvalue weighted by Crippen LogP contribution is -2.22. The number of fused-ring (bicyclic) bond motifs is 1. The first-order valence-electron chi connectivity index (χ1n) is 11.6. The Balaban J connectivity index is 2.06. The Hall–Kier alpha value is -4.26. The van der Waals surface area contributed by atoms with Crippen molar-refractivity contribution < 1.29 is 4.92 Å². The first-order valence-corrected chi connectivity index (χ1v) is 11.6. The van der Waals surface area contributed by atoms with E-state index >= 15 is 0 Å². The van der Waals surface area contributed by atoms with Crippen LogP contribution in [0.25, 0.3) is 34.1 Å². The highest BCUT2D eigenvalue weighted by atomic mass is 16.6. The number of nitrogens with zero attached hydrogens (tertiary/aromatic N) is 4. The lowest BCUT2D eigenvalue weighted by Gasteiger charge is -2.17. The van der Waals surface area contributed by atoms with Gasteiger partial charge in [-0.25, -0.2) is 4.98 Å². The van der Waals surface area contributed by atoms with E-state index in [4.69, 9.17) is 4.98 Å². The molecule has 0 fully saturated rings. The molecule has 0 spiro atoms. The molecular formula is C28H28N4O3. The summed E-state index contributed by atoms with van der Waals surface area (Å²) in [7, 11) is 3.68. The number of nitro groups is 1. The van der Waals surface area contributed by atoms with Crippen LogP contribution in [0, 0.1) is 10.1 Å². The minimum absolute atomic E-state index is 0.0540. The summed E-state index contributed by atoms with van der Waals surface area (Å²) in [5.41, 5.74) is 2.99. The van der Waals surface area contributed by atoms with E-state index in [0.29, 0.717) is 39.5 Å². The monoisotopic (exact) mass is 468 g/mol. The van der Waals surface area contributed by atoms with Gasteiger partial charge in [0, 0.05) is 25.7 Å². The average molecular weight is 469 g/mol. The molecule has 7 heteroatoms. The molecule has 0 aliphatic rings. The summed E-state index contributed by atoms with van der Waals surface area (Å²) in [4.78, 5) is 31.9. The highest BCUT2D eigenvalue weighted by Crippen LogP contribution is 2.32. The Labute approximate surface area is 204 Å². The van der Waals surface area contributed by atoms with Gasteiger partial charge in [0.15, 0.2) is 0 Å². The summed E-state index contributed by atoms with van der Waals surface area (Å²) in [6, 6.07) is 19.9. The van der Waals surface area contributed by atoms with E-state index in [2.05, 4.69) is 13.8 Å². The predicted molar refractivity (Wildman–Crippen MR) is 141 cm³/mol. The molecule has 1 heterocycles. The van der Waals surface area contributed by atoms with Gasteiger partial charge in [-0.3, -0.25) is 19.5 Å². The molecule has 0 aliphatic heterocycles. The average Bonchev–Trinajstić information content (AvgIpc) is 2.86. The van der Waals surface area contributed by atoms with Gasteiger partial charge in [0.05, 0.1) is 27.1 Å². The SMILES string of the molecule is CCC(C)c1ccc(-n2c(-c3cccc([N+](=O)[O-])c3C=CN(C)C)nc3ccccc3c2=O)cc1. The maximum atomic E-state index is 13.8. The Kier molecular flexibility index (Phi) is 6.78. The largest absolute Gasteiger partial charge is 0.383 e. The number of aromatic nitrogens is 2. The molecule has 0 bridgehead atoms. The van der Waals surface area contributed by atoms with E-state index in [1.54, 1.807) is 52.1 Å². The van der Waals surface area contributed by atoms with Crippen molar-refractivity contribution in [2.45, 2.75) is 26.2 Å². The zero-order valence-corrected chi connectivity index (χ0v) is 20.3. The van der Waals surface area contributed by atoms with Crippen molar-refractivity contribution in [2.75, 3.05) is 14.1 Å². The van der Waals surface area contributed by atoms with E-state index in [1.165, 1.54) is 11.6 Å². The smallest absolute Gasteiger partial charge is 0.277 e. The maximum Gasteiger partial charge on any atom is 0.277 e. The molecule has 4 aromatic rings. The summed E-state index contributed by atoms with van der Waals surface area (Å²) in [5.74, 6) is 0.751. The van der Waals surface area contributed by atoms with Crippen LogP contribution in [0.2, 0.25) is 0 Å². The fourth-order valence-electron chi connectivity index (χ4n) is 4.05.